The summed E-state index contributed by atoms with van der Waals surface area (Å²) < 4.78 is 1.03. The van der Waals surface area contributed by atoms with Crippen LogP contribution in [0.15, 0.2) is 44.4 Å². The number of hydrogen-bond donors (Lipinski definition) is 1. The molecule has 1 amide bonds. The fourth-order valence-corrected chi connectivity index (χ4v) is 3.31. The minimum atomic E-state index is -0.0558. The van der Waals surface area contributed by atoms with Gasteiger partial charge in [-0.25, -0.2) is 0 Å². The summed E-state index contributed by atoms with van der Waals surface area (Å²) in [6.07, 6.45) is 2.58. The molecule has 1 aromatic rings. The highest BCUT2D eigenvalue weighted by atomic mass is 79.9. The Morgan fingerprint density at radius 1 is 1.36 bits per heavy atom. The van der Waals surface area contributed by atoms with Gasteiger partial charge < -0.3 is 5.32 Å². The third-order valence-corrected chi connectivity index (χ3v) is 4.73. The van der Waals surface area contributed by atoms with Crippen molar-refractivity contribution in [2.75, 3.05) is 6.54 Å². The Morgan fingerprint density at radius 3 is 2.77 bits per heavy atom. The van der Waals surface area contributed by atoms with Gasteiger partial charge in [0.05, 0.1) is 12.1 Å². The van der Waals surface area contributed by atoms with Crippen LogP contribution < -0.4 is 5.32 Å². The van der Waals surface area contributed by atoms with E-state index in [1.165, 1.54) is 11.1 Å². The van der Waals surface area contributed by atoms with Crippen LogP contribution >= 0.6 is 15.9 Å². The molecule has 2 aliphatic rings. The molecule has 0 spiro atoms. The Balaban J connectivity index is 1.98. The van der Waals surface area contributed by atoms with Gasteiger partial charge in [-0.3, -0.25) is 9.79 Å². The summed E-state index contributed by atoms with van der Waals surface area (Å²) in [5.41, 5.74) is 6.37. The number of aliphatic imine (C=N–C) groups is 1. The van der Waals surface area contributed by atoms with Crippen LogP contribution in [0.3, 0.4) is 0 Å². The largest absolute Gasteiger partial charge is 0.321 e. The minimum absolute atomic E-state index is 0.0558. The average Bonchev–Trinajstić information content (AvgIpc) is 3.03. The molecule has 4 heteroatoms. The van der Waals surface area contributed by atoms with E-state index in [-0.39, 0.29) is 5.91 Å². The smallest absolute Gasteiger partial charge is 0.257 e. The van der Waals surface area contributed by atoms with Crippen molar-refractivity contribution in [2.24, 2.45) is 10.9 Å². The first-order valence-corrected chi connectivity index (χ1v) is 8.29. The van der Waals surface area contributed by atoms with Crippen LogP contribution in [0.1, 0.15) is 31.9 Å². The molecular weight excluding hydrogens is 340 g/mol. The monoisotopic (exact) mass is 358 g/mol. The van der Waals surface area contributed by atoms with Crippen molar-refractivity contribution in [3.63, 3.8) is 0 Å². The third-order valence-electron chi connectivity index (χ3n) is 4.23. The summed E-state index contributed by atoms with van der Waals surface area (Å²) in [6, 6.07) is 6.27. The van der Waals surface area contributed by atoms with Gasteiger partial charge in [-0.15, -0.1) is 0 Å². The number of carbonyl (C=O) groups is 1. The van der Waals surface area contributed by atoms with E-state index in [0.29, 0.717) is 18.0 Å². The molecule has 3 nitrogen and oxygen atoms in total. The molecule has 1 heterocycles. The Hall–Kier alpha value is -1.68. The van der Waals surface area contributed by atoms with Crippen molar-refractivity contribution >= 4 is 33.7 Å². The zero-order valence-corrected chi connectivity index (χ0v) is 14.6. The molecule has 0 saturated heterocycles. The van der Waals surface area contributed by atoms with Gasteiger partial charge in [0.15, 0.2) is 0 Å². The molecule has 0 saturated carbocycles. The van der Waals surface area contributed by atoms with E-state index in [1.807, 2.05) is 6.92 Å². The van der Waals surface area contributed by atoms with E-state index in [1.54, 1.807) is 6.21 Å². The second-order valence-corrected chi connectivity index (χ2v) is 7.07. The molecule has 0 atom stereocenters. The molecule has 0 fully saturated rings. The summed E-state index contributed by atoms with van der Waals surface area (Å²) >= 11 is 3.53. The third kappa shape index (κ3) is 2.68. The molecule has 1 N–H and O–H groups in total. The molecule has 0 unspecified atom stereocenters. The summed E-state index contributed by atoms with van der Waals surface area (Å²) in [7, 11) is 0. The molecule has 0 aromatic heterocycles. The topological polar surface area (TPSA) is 41.5 Å². The highest BCUT2D eigenvalue weighted by molar-refractivity contribution is 9.10. The number of carbonyl (C=O) groups excluding carboxylic acids is 1. The second kappa shape index (κ2) is 5.84. The van der Waals surface area contributed by atoms with Gasteiger partial charge in [0.25, 0.3) is 5.91 Å². The van der Waals surface area contributed by atoms with Crippen molar-refractivity contribution in [3.8, 4) is 0 Å². The molecule has 1 aliphatic carbocycles. The number of amides is 1. The van der Waals surface area contributed by atoms with E-state index in [9.17, 15) is 4.79 Å². The Labute approximate surface area is 139 Å². The van der Waals surface area contributed by atoms with Crippen LogP contribution in [0.4, 0.5) is 0 Å². The van der Waals surface area contributed by atoms with Gasteiger partial charge in [0.1, 0.15) is 0 Å². The Kier molecular flexibility index (Phi) is 4.04. The van der Waals surface area contributed by atoms with Gasteiger partial charge in [-0.2, -0.15) is 0 Å². The first-order valence-electron chi connectivity index (χ1n) is 7.50. The number of halogens is 1. The maximum absolute atomic E-state index is 12.6. The van der Waals surface area contributed by atoms with Crippen molar-refractivity contribution in [3.05, 3.63) is 50.5 Å². The number of nitrogens with one attached hydrogen (secondary N) is 1. The van der Waals surface area contributed by atoms with Crippen LogP contribution in [0.5, 0.6) is 0 Å². The van der Waals surface area contributed by atoms with Crippen LogP contribution in [0.25, 0.3) is 5.70 Å². The maximum Gasteiger partial charge on any atom is 0.257 e. The standard InChI is InChI=1S/C18H19BrN2O/c1-10(2)14-6-12-4-5-13(19)7-15(12)17(14)21-18(22)16-9-20-8-11(16)3/h4-5,7,9-10H,6,8H2,1-3H3,(H,21,22). The number of benzene rings is 1. The van der Waals surface area contributed by atoms with Gasteiger partial charge in [-0.1, -0.05) is 35.8 Å². The molecule has 1 aliphatic heterocycles. The first-order chi connectivity index (χ1) is 10.5. The number of allylic oxidation sites excluding steroid dienone is 1. The molecular formula is C18H19BrN2O. The summed E-state index contributed by atoms with van der Waals surface area (Å²) in [5, 5.41) is 3.14. The molecule has 0 bridgehead atoms. The fraction of sp³-hybridized carbons (Fsp3) is 0.333. The van der Waals surface area contributed by atoms with Crippen molar-refractivity contribution in [1.82, 2.24) is 5.32 Å². The normalized spacial score (nSPS) is 16.8. The first kappa shape index (κ1) is 15.2. The molecule has 1 aromatic carbocycles. The lowest BCUT2D eigenvalue weighted by Crippen LogP contribution is -2.25. The Morgan fingerprint density at radius 2 is 2.14 bits per heavy atom. The Bertz CT molecular complexity index is 741. The van der Waals surface area contributed by atoms with E-state index in [4.69, 9.17) is 0 Å². The van der Waals surface area contributed by atoms with Gasteiger partial charge >= 0.3 is 0 Å². The van der Waals surface area contributed by atoms with Gasteiger partial charge in [0, 0.05) is 21.9 Å². The highest BCUT2D eigenvalue weighted by Crippen LogP contribution is 2.36. The van der Waals surface area contributed by atoms with Gasteiger partial charge in [-0.05, 0) is 48.1 Å². The van der Waals surface area contributed by atoms with Crippen LogP contribution in [0, 0.1) is 5.92 Å². The lowest BCUT2D eigenvalue weighted by Gasteiger charge is -2.13. The second-order valence-electron chi connectivity index (χ2n) is 6.15. The van der Waals surface area contributed by atoms with Crippen molar-refractivity contribution < 1.29 is 4.79 Å². The van der Waals surface area contributed by atoms with Crippen molar-refractivity contribution in [1.29, 1.82) is 0 Å². The van der Waals surface area contributed by atoms with E-state index in [0.717, 1.165) is 27.7 Å². The number of fused-ring (bicyclic) bond motifs is 1. The quantitative estimate of drug-likeness (QED) is 0.874. The predicted molar refractivity (Wildman–Crippen MR) is 93.8 cm³/mol. The van der Waals surface area contributed by atoms with Crippen LogP contribution in [-0.2, 0) is 11.2 Å². The number of nitrogens with zero attached hydrogens (tertiary/aromatic N) is 1. The zero-order chi connectivity index (χ0) is 15.9. The van der Waals surface area contributed by atoms with E-state index in [2.05, 4.69) is 58.3 Å². The number of hydrogen-bond acceptors (Lipinski definition) is 2. The lowest BCUT2D eigenvalue weighted by molar-refractivity contribution is -0.115. The molecule has 0 radical (unpaired) electrons. The van der Waals surface area contributed by atoms with Crippen LogP contribution in [-0.4, -0.2) is 18.7 Å². The molecule has 22 heavy (non-hydrogen) atoms. The lowest BCUT2D eigenvalue weighted by atomic mass is 10.0. The predicted octanol–water partition coefficient (Wildman–Crippen LogP) is 3.89. The van der Waals surface area contributed by atoms with Crippen molar-refractivity contribution in [2.45, 2.75) is 27.2 Å². The maximum atomic E-state index is 12.6. The minimum Gasteiger partial charge on any atom is -0.321 e. The molecule has 114 valence electrons. The van der Waals surface area contributed by atoms with E-state index >= 15 is 0 Å². The summed E-state index contributed by atoms with van der Waals surface area (Å²) in [4.78, 5) is 16.7. The van der Waals surface area contributed by atoms with Gasteiger partial charge in [0.2, 0.25) is 0 Å². The fourth-order valence-electron chi connectivity index (χ4n) is 2.95. The number of rotatable bonds is 3. The van der Waals surface area contributed by atoms with Crippen LogP contribution in [0.2, 0.25) is 0 Å². The zero-order valence-electron chi connectivity index (χ0n) is 13.0. The average molecular weight is 359 g/mol. The SMILES string of the molecule is CC1=C(C(=O)NC2=C(C(C)C)Cc3ccc(Br)cc32)C=NC1. The van der Waals surface area contributed by atoms with E-state index < -0.39 is 0 Å². The summed E-state index contributed by atoms with van der Waals surface area (Å²) in [6.45, 7) is 6.92. The molecule has 3 rings (SSSR count). The highest BCUT2D eigenvalue weighted by Gasteiger charge is 2.26. The summed E-state index contributed by atoms with van der Waals surface area (Å²) in [5.74, 6) is 0.341.